The number of nitrogens with zero attached hydrogens (tertiary/aromatic N) is 1. The molecule has 0 radical (unpaired) electrons. The van der Waals surface area contributed by atoms with E-state index in [4.69, 9.17) is 10.5 Å². The van der Waals surface area contributed by atoms with E-state index < -0.39 is 6.03 Å². The summed E-state index contributed by atoms with van der Waals surface area (Å²) in [6, 6.07) is 3.72. The van der Waals surface area contributed by atoms with Crippen molar-refractivity contribution in [2.24, 2.45) is 11.7 Å². The van der Waals surface area contributed by atoms with Gasteiger partial charge in [0.15, 0.2) is 0 Å². The number of likely N-dealkylation sites (tertiary alicyclic amines) is 1. The fraction of sp³-hybridized carbons (Fsp3) is 0.600. The lowest BCUT2D eigenvalue weighted by Crippen LogP contribution is -2.42. The zero-order chi connectivity index (χ0) is 15.0. The first-order chi connectivity index (χ1) is 10.1. The Kier molecular flexibility index (Phi) is 3.89. The van der Waals surface area contributed by atoms with Crippen LogP contribution in [0.5, 0.6) is 0 Å². The molecule has 21 heavy (non-hydrogen) atoms. The van der Waals surface area contributed by atoms with Crippen LogP contribution in [-0.4, -0.2) is 36.1 Å². The van der Waals surface area contributed by atoms with Gasteiger partial charge < -0.3 is 15.4 Å². The van der Waals surface area contributed by atoms with E-state index in [0.29, 0.717) is 12.5 Å². The molecule has 1 aliphatic heterocycles. The lowest BCUT2D eigenvalue weighted by atomic mass is 10.2. The molecule has 114 valence electrons. The smallest absolute Gasteiger partial charge is 0.315 e. The minimum atomic E-state index is -0.424. The van der Waals surface area contributed by atoms with Gasteiger partial charge in [-0.25, -0.2) is 4.79 Å². The van der Waals surface area contributed by atoms with Crippen LogP contribution < -0.4 is 5.73 Å². The molecule has 1 saturated carbocycles. The molecule has 5 nitrogen and oxygen atoms in total. The molecule has 0 aromatic carbocycles. The number of carbonyl (C=O) groups excluding carboxylic acids is 2. The zero-order valence-corrected chi connectivity index (χ0v) is 12.9. The standard InChI is InChI=1S/C15H20N2O3S/c1-9-4-5-13(21-9)11-7-12(11)14(18)20-8-10-3-2-6-17(10)15(16)19/h4-5,10-12H,2-3,6-8H2,1H3,(H2,16,19)/t10-,11+,12-/m0/s1. The van der Waals surface area contributed by atoms with Gasteiger partial charge in [0, 0.05) is 22.2 Å². The Balaban J connectivity index is 1.48. The molecule has 2 amide bonds. The highest BCUT2D eigenvalue weighted by molar-refractivity contribution is 7.12. The minimum Gasteiger partial charge on any atom is -0.463 e. The molecule has 3 atom stereocenters. The molecule has 1 saturated heterocycles. The number of hydrogen-bond acceptors (Lipinski definition) is 4. The number of esters is 1. The summed E-state index contributed by atoms with van der Waals surface area (Å²) in [6.07, 6.45) is 2.66. The van der Waals surface area contributed by atoms with Crippen molar-refractivity contribution in [2.45, 2.75) is 38.1 Å². The van der Waals surface area contributed by atoms with Gasteiger partial charge in [-0.15, -0.1) is 11.3 Å². The second-order valence-corrected chi connectivity index (χ2v) is 7.17. The largest absolute Gasteiger partial charge is 0.463 e. The summed E-state index contributed by atoms with van der Waals surface area (Å²) in [5.74, 6) is 0.181. The molecule has 2 heterocycles. The molecule has 0 bridgehead atoms. The average molecular weight is 308 g/mol. The Morgan fingerprint density at radius 2 is 2.29 bits per heavy atom. The Morgan fingerprint density at radius 1 is 1.48 bits per heavy atom. The number of amides is 2. The Hall–Kier alpha value is -1.56. The number of hydrogen-bond donors (Lipinski definition) is 1. The lowest BCUT2D eigenvalue weighted by Gasteiger charge is -2.22. The number of rotatable bonds is 4. The molecule has 2 aliphatic rings. The van der Waals surface area contributed by atoms with E-state index in [1.165, 1.54) is 9.75 Å². The van der Waals surface area contributed by atoms with Crippen LogP contribution in [-0.2, 0) is 9.53 Å². The van der Waals surface area contributed by atoms with Gasteiger partial charge in [-0.05, 0) is 38.3 Å². The van der Waals surface area contributed by atoms with Gasteiger partial charge in [0.05, 0.1) is 12.0 Å². The molecular formula is C15H20N2O3S. The fourth-order valence-corrected chi connectivity index (χ4v) is 4.06. The van der Waals surface area contributed by atoms with E-state index in [-0.39, 0.29) is 24.5 Å². The SMILES string of the molecule is Cc1ccc([C@@H]2C[C@@H]2C(=O)OC[C@@H]2CCCN2C(N)=O)s1. The van der Waals surface area contributed by atoms with Crippen molar-refractivity contribution in [3.63, 3.8) is 0 Å². The van der Waals surface area contributed by atoms with Crippen molar-refractivity contribution >= 4 is 23.3 Å². The third kappa shape index (κ3) is 3.05. The van der Waals surface area contributed by atoms with Crippen LogP contribution in [0.25, 0.3) is 0 Å². The van der Waals surface area contributed by atoms with E-state index >= 15 is 0 Å². The summed E-state index contributed by atoms with van der Waals surface area (Å²) in [5, 5.41) is 0. The maximum atomic E-state index is 12.1. The van der Waals surface area contributed by atoms with Crippen molar-refractivity contribution in [1.82, 2.24) is 4.90 Å². The monoisotopic (exact) mass is 308 g/mol. The molecule has 6 heteroatoms. The van der Waals surface area contributed by atoms with E-state index in [2.05, 4.69) is 19.1 Å². The summed E-state index contributed by atoms with van der Waals surface area (Å²) in [7, 11) is 0. The van der Waals surface area contributed by atoms with Crippen molar-refractivity contribution < 1.29 is 14.3 Å². The van der Waals surface area contributed by atoms with Gasteiger partial charge in [-0.1, -0.05) is 0 Å². The van der Waals surface area contributed by atoms with E-state index in [1.807, 2.05) is 0 Å². The summed E-state index contributed by atoms with van der Waals surface area (Å²) in [5.41, 5.74) is 5.31. The third-order valence-corrected chi connectivity index (χ3v) is 5.43. The van der Waals surface area contributed by atoms with Gasteiger partial charge >= 0.3 is 12.0 Å². The molecular weight excluding hydrogens is 288 g/mol. The van der Waals surface area contributed by atoms with Crippen molar-refractivity contribution in [1.29, 1.82) is 0 Å². The maximum absolute atomic E-state index is 12.1. The zero-order valence-electron chi connectivity index (χ0n) is 12.1. The normalized spacial score (nSPS) is 27.7. The number of ether oxygens (including phenoxy) is 1. The van der Waals surface area contributed by atoms with Gasteiger partial charge in [-0.2, -0.15) is 0 Å². The first-order valence-electron chi connectivity index (χ1n) is 7.35. The second-order valence-electron chi connectivity index (χ2n) is 5.85. The van der Waals surface area contributed by atoms with E-state index in [9.17, 15) is 9.59 Å². The van der Waals surface area contributed by atoms with Gasteiger partial charge in [-0.3, -0.25) is 4.79 Å². The maximum Gasteiger partial charge on any atom is 0.315 e. The fourth-order valence-electron chi connectivity index (χ4n) is 3.01. The van der Waals surface area contributed by atoms with Crippen molar-refractivity contribution in [3.8, 4) is 0 Å². The summed E-state index contributed by atoms with van der Waals surface area (Å²) < 4.78 is 5.41. The highest BCUT2D eigenvalue weighted by atomic mass is 32.1. The van der Waals surface area contributed by atoms with Crippen molar-refractivity contribution in [2.75, 3.05) is 13.2 Å². The number of nitrogens with two attached hydrogens (primary N) is 1. The third-order valence-electron chi connectivity index (χ3n) is 4.30. The highest BCUT2D eigenvalue weighted by Crippen LogP contribution is 2.50. The van der Waals surface area contributed by atoms with Crippen LogP contribution in [0.3, 0.4) is 0 Å². The topological polar surface area (TPSA) is 72.6 Å². The molecule has 2 fully saturated rings. The molecule has 1 aliphatic carbocycles. The first kappa shape index (κ1) is 14.4. The Bertz CT molecular complexity index is 557. The van der Waals surface area contributed by atoms with Crippen molar-refractivity contribution in [3.05, 3.63) is 21.9 Å². The van der Waals surface area contributed by atoms with Gasteiger partial charge in [0.25, 0.3) is 0 Å². The quantitative estimate of drug-likeness (QED) is 0.867. The lowest BCUT2D eigenvalue weighted by molar-refractivity contribution is -0.146. The highest BCUT2D eigenvalue weighted by Gasteiger charge is 2.46. The van der Waals surface area contributed by atoms with Crippen LogP contribution >= 0.6 is 11.3 Å². The van der Waals surface area contributed by atoms with Crippen LogP contribution in [0.15, 0.2) is 12.1 Å². The van der Waals surface area contributed by atoms with Crippen LogP contribution in [0.2, 0.25) is 0 Å². The molecule has 0 unspecified atom stereocenters. The molecule has 2 N–H and O–H groups in total. The van der Waals surface area contributed by atoms with Crippen LogP contribution in [0, 0.1) is 12.8 Å². The first-order valence-corrected chi connectivity index (χ1v) is 8.17. The molecule has 3 rings (SSSR count). The predicted octanol–water partition coefficient (Wildman–Crippen LogP) is 2.25. The van der Waals surface area contributed by atoms with E-state index in [0.717, 1.165) is 19.3 Å². The summed E-state index contributed by atoms with van der Waals surface area (Å²) in [6.45, 7) is 3.01. The number of carbonyl (C=O) groups is 2. The second kappa shape index (κ2) is 5.67. The predicted molar refractivity (Wildman–Crippen MR) is 80.2 cm³/mol. The van der Waals surface area contributed by atoms with E-state index in [1.54, 1.807) is 16.2 Å². The number of aryl methyl sites for hydroxylation is 1. The summed E-state index contributed by atoms with van der Waals surface area (Å²) >= 11 is 1.75. The Morgan fingerprint density at radius 3 is 2.95 bits per heavy atom. The van der Waals surface area contributed by atoms with Crippen LogP contribution in [0.4, 0.5) is 4.79 Å². The van der Waals surface area contributed by atoms with Gasteiger partial charge in [0.1, 0.15) is 6.61 Å². The van der Waals surface area contributed by atoms with Crippen LogP contribution in [0.1, 0.15) is 34.9 Å². The van der Waals surface area contributed by atoms with Gasteiger partial charge in [0.2, 0.25) is 0 Å². The Labute approximate surface area is 128 Å². The molecule has 1 aromatic rings. The summed E-state index contributed by atoms with van der Waals surface area (Å²) in [4.78, 5) is 27.5. The number of primary amides is 1. The average Bonchev–Trinajstić information content (AvgIpc) is 2.90. The number of urea groups is 1. The number of thiophene rings is 1. The molecule has 0 spiro atoms. The molecule has 1 aromatic heterocycles. The minimum absolute atomic E-state index is 0.00789.